The summed E-state index contributed by atoms with van der Waals surface area (Å²) in [7, 11) is 1.62. The molecule has 4 rings (SSSR count). The van der Waals surface area contributed by atoms with Crippen molar-refractivity contribution in [1.29, 1.82) is 0 Å². The molecule has 0 aliphatic heterocycles. The Hall–Kier alpha value is -3.25. The molecule has 0 radical (unpaired) electrons. The summed E-state index contributed by atoms with van der Waals surface area (Å²) in [5.74, 6) is 2.03. The molecule has 6 heteroatoms. The highest BCUT2D eigenvalue weighted by atomic mass is 32.2. The second-order valence-electron chi connectivity index (χ2n) is 6.24. The molecule has 4 aromatic rings. The van der Waals surface area contributed by atoms with Gasteiger partial charge in [0.15, 0.2) is 16.7 Å². The number of methoxy groups -OCH3 is 1. The van der Waals surface area contributed by atoms with Gasteiger partial charge >= 0.3 is 0 Å². The molecule has 3 aromatic carbocycles. The molecule has 146 valence electrons. The van der Waals surface area contributed by atoms with Crippen molar-refractivity contribution in [1.82, 2.24) is 9.55 Å². The number of thioether (sulfide) groups is 1. The van der Waals surface area contributed by atoms with E-state index in [1.807, 2.05) is 78.9 Å². The smallest absolute Gasteiger partial charge is 0.266 e. The molecule has 0 aliphatic carbocycles. The van der Waals surface area contributed by atoms with Gasteiger partial charge in [0.25, 0.3) is 5.56 Å². The van der Waals surface area contributed by atoms with Crippen LogP contribution in [0.5, 0.6) is 11.5 Å². The average molecular weight is 404 g/mol. The van der Waals surface area contributed by atoms with Crippen LogP contribution < -0.4 is 15.0 Å². The Morgan fingerprint density at radius 1 is 0.897 bits per heavy atom. The lowest BCUT2D eigenvalue weighted by Gasteiger charge is -2.14. The third-order valence-corrected chi connectivity index (χ3v) is 5.30. The van der Waals surface area contributed by atoms with Gasteiger partial charge in [-0.2, -0.15) is 0 Å². The van der Waals surface area contributed by atoms with E-state index in [9.17, 15) is 4.79 Å². The van der Waals surface area contributed by atoms with Gasteiger partial charge in [0.1, 0.15) is 0 Å². The van der Waals surface area contributed by atoms with Crippen molar-refractivity contribution in [3.63, 3.8) is 0 Å². The van der Waals surface area contributed by atoms with E-state index in [2.05, 4.69) is 0 Å². The Bertz CT molecular complexity index is 1180. The molecule has 0 bridgehead atoms. The van der Waals surface area contributed by atoms with Crippen LogP contribution in [0.25, 0.3) is 16.6 Å². The van der Waals surface area contributed by atoms with Crippen LogP contribution in [0.15, 0.2) is 88.8 Å². The van der Waals surface area contributed by atoms with Crippen LogP contribution in [0, 0.1) is 0 Å². The van der Waals surface area contributed by atoms with E-state index in [1.54, 1.807) is 11.7 Å². The van der Waals surface area contributed by atoms with Gasteiger partial charge in [-0.05, 0) is 36.4 Å². The summed E-state index contributed by atoms with van der Waals surface area (Å²) in [5.41, 5.74) is 1.41. The number of aromatic nitrogens is 2. The van der Waals surface area contributed by atoms with E-state index in [-0.39, 0.29) is 5.56 Å². The van der Waals surface area contributed by atoms with Crippen molar-refractivity contribution >= 4 is 22.7 Å². The minimum atomic E-state index is -0.0741. The quantitative estimate of drug-likeness (QED) is 0.257. The first-order valence-electron chi connectivity index (χ1n) is 9.24. The average Bonchev–Trinajstić information content (AvgIpc) is 2.78. The molecule has 0 fully saturated rings. The fraction of sp³-hybridized carbons (Fsp3) is 0.130. The van der Waals surface area contributed by atoms with Crippen LogP contribution in [-0.2, 0) is 0 Å². The minimum absolute atomic E-state index is 0.0741. The molecule has 0 unspecified atom stereocenters. The normalized spacial score (nSPS) is 10.8. The van der Waals surface area contributed by atoms with Gasteiger partial charge in [0.05, 0.1) is 30.3 Å². The molecular formula is C23H20N2O3S. The maximum Gasteiger partial charge on any atom is 0.266 e. The third kappa shape index (κ3) is 4.12. The molecule has 0 saturated heterocycles. The van der Waals surface area contributed by atoms with Crippen molar-refractivity contribution in [3.8, 4) is 17.2 Å². The Morgan fingerprint density at radius 2 is 1.59 bits per heavy atom. The first kappa shape index (κ1) is 19.1. The van der Waals surface area contributed by atoms with E-state index < -0.39 is 0 Å². The predicted octanol–water partition coefficient (Wildman–Crippen LogP) is 4.57. The fourth-order valence-corrected chi connectivity index (χ4v) is 3.87. The molecule has 1 aromatic heterocycles. The van der Waals surface area contributed by atoms with Gasteiger partial charge in [0.2, 0.25) is 0 Å². The van der Waals surface area contributed by atoms with E-state index in [1.165, 1.54) is 11.8 Å². The van der Waals surface area contributed by atoms with Crippen LogP contribution in [0.3, 0.4) is 0 Å². The summed E-state index contributed by atoms with van der Waals surface area (Å²) >= 11 is 1.49. The van der Waals surface area contributed by atoms with Crippen LogP contribution in [0.4, 0.5) is 0 Å². The predicted molar refractivity (Wildman–Crippen MR) is 117 cm³/mol. The summed E-state index contributed by atoms with van der Waals surface area (Å²) in [5, 5.41) is 1.24. The highest BCUT2D eigenvalue weighted by Crippen LogP contribution is 2.26. The lowest BCUT2D eigenvalue weighted by molar-refractivity contribution is 0.313. The SMILES string of the molecule is COc1ccccc1OCCSc1nc2ccccc2c(=O)n1-c1ccccc1. The summed E-state index contributed by atoms with van der Waals surface area (Å²) in [4.78, 5) is 17.9. The third-order valence-electron chi connectivity index (χ3n) is 4.40. The van der Waals surface area contributed by atoms with Gasteiger partial charge in [0, 0.05) is 5.75 Å². The van der Waals surface area contributed by atoms with Gasteiger partial charge in [-0.15, -0.1) is 0 Å². The Kier molecular flexibility index (Phi) is 5.81. The van der Waals surface area contributed by atoms with E-state index >= 15 is 0 Å². The minimum Gasteiger partial charge on any atom is -0.493 e. The standard InChI is InChI=1S/C23H20N2O3S/c1-27-20-13-7-8-14-21(20)28-15-16-29-23-24-19-12-6-5-11-18(19)22(26)25(23)17-9-3-2-4-10-17/h2-14H,15-16H2,1H3. The monoisotopic (exact) mass is 404 g/mol. The number of hydrogen-bond acceptors (Lipinski definition) is 5. The van der Waals surface area contributed by atoms with Gasteiger partial charge in [-0.3, -0.25) is 9.36 Å². The number of nitrogens with zero attached hydrogens (tertiary/aromatic N) is 2. The van der Waals surface area contributed by atoms with Crippen LogP contribution >= 0.6 is 11.8 Å². The number of ether oxygens (including phenoxy) is 2. The molecule has 0 saturated carbocycles. The van der Waals surface area contributed by atoms with E-state index in [0.29, 0.717) is 39.9 Å². The maximum absolute atomic E-state index is 13.1. The van der Waals surface area contributed by atoms with Crippen molar-refractivity contribution in [2.24, 2.45) is 0 Å². The largest absolute Gasteiger partial charge is 0.493 e. The van der Waals surface area contributed by atoms with Crippen molar-refractivity contribution in [3.05, 3.63) is 89.2 Å². The zero-order chi connectivity index (χ0) is 20.1. The lowest BCUT2D eigenvalue weighted by Crippen LogP contribution is -2.22. The van der Waals surface area contributed by atoms with Crippen LogP contribution in [0.2, 0.25) is 0 Å². The summed E-state index contributed by atoms with van der Waals surface area (Å²) in [6, 6.07) is 24.5. The first-order chi connectivity index (χ1) is 14.3. The fourth-order valence-electron chi connectivity index (χ4n) is 3.04. The molecule has 0 spiro atoms. The van der Waals surface area contributed by atoms with Crippen molar-refractivity contribution in [2.75, 3.05) is 19.5 Å². The molecule has 5 nitrogen and oxygen atoms in total. The van der Waals surface area contributed by atoms with Gasteiger partial charge in [-0.25, -0.2) is 4.98 Å². The number of hydrogen-bond donors (Lipinski definition) is 0. The van der Waals surface area contributed by atoms with Crippen molar-refractivity contribution < 1.29 is 9.47 Å². The van der Waals surface area contributed by atoms with E-state index in [0.717, 1.165) is 5.69 Å². The molecule has 0 atom stereocenters. The topological polar surface area (TPSA) is 53.4 Å². The van der Waals surface area contributed by atoms with E-state index in [4.69, 9.17) is 14.5 Å². The highest BCUT2D eigenvalue weighted by Gasteiger charge is 2.13. The summed E-state index contributed by atoms with van der Waals surface area (Å²) in [6.07, 6.45) is 0. The first-order valence-corrected chi connectivity index (χ1v) is 10.2. The Labute approximate surface area is 172 Å². The van der Waals surface area contributed by atoms with Crippen LogP contribution in [-0.4, -0.2) is 29.0 Å². The van der Waals surface area contributed by atoms with Gasteiger partial charge in [-0.1, -0.05) is 54.2 Å². The molecule has 0 N–H and O–H groups in total. The number of rotatable bonds is 7. The second kappa shape index (κ2) is 8.84. The molecular weight excluding hydrogens is 384 g/mol. The van der Waals surface area contributed by atoms with Crippen LogP contribution in [0.1, 0.15) is 0 Å². The Morgan fingerprint density at radius 3 is 2.38 bits per heavy atom. The zero-order valence-corrected chi connectivity index (χ0v) is 16.8. The Balaban J connectivity index is 1.60. The maximum atomic E-state index is 13.1. The second-order valence-corrected chi connectivity index (χ2v) is 7.30. The lowest BCUT2D eigenvalue weighted by atomic mass is 10.2. The summed E-state index contributed by atoms with van der Waals surface area (Å²) < 4.78 is 12.8. The number of fused-ring (bicyclic) bond motifs is 1. The van der Waals surface area contributed by atoms with Crippen molar-refractivity contribution in [2.45, 2.75) is 5.16 Å². The number of para-hydroxylation sites is 4. The van der Waals surface area contributed by atoms with Gasteiger partial charge < -0.3 is 9.47 Å². The highest BCUT2D eigenvalue weighted by molar-refractivity contribution is 7.99. The molecule has 0 aliphatic rings. The molecule has 0 amide bonds. The zero-order valence-electron chi connectivity index (χ0n) is 15.9. The molecule has 1 heterocycles. The number of benzene rings is 3. The summed E-state index contributed by atoms with van der Waals surface area (Å²) in [6.45, 7) is 0.461. The molecule has 29 heavy (non-hydrogen) atoms.